The number of fused-ring (bicyclic) bond motifs is 1. The van der Waals surface area contributed by atoms with Gasteiger partial charge in [-0.25, -0.2) is 8.42 Å². The highest BCUT2D eigenvalue weighted by atomic mass is 32.2. The van der Waals surface area contributed by atoms with E-state index < -0.39 is 10.0 Å². The third-order valence-electron chi connectivity index (χ3n) is 4.54. The number of hydrogen-bond donors (Lipinski definition) is 1. The highest BCUT2D eigenvalue weighted by molar-refractivity contribution is 7.89. The van der Waals surface area contributed by atoms with E-state index in [2.05, 4.69) is 5.32 Å². The lowest BCUT2D eigenvalue weighted by molar-refractivity contribution is 0.298. The summed E-state index contributed by atoms with van der Waals surface area (Å²) in [5.74, 6) is 0.688. The van der Waals surface area contributed by atoms with Crippen molar-refractivity contribution in [2.75, 3.05) is 27.2 Å². The number of nitrogens with one attached hydrogen (secondary N) is 1. The van der Waals surface area contributed by atoms with Gasteiger partial charge in [0.05, 0.1) is 12.0 Å². The predicted molar refractivity (Wildman–Crippen MR) is 91.3 cm³/mol. The van der Waals surface area contributed by atoms with Crippen molar-refractivity contribution in [3.63, 3.8) is 0 Å². The first-order valence-corrected chi connectivity index (χ1v) is 9.25. The van der Waals surface area contributed by atoms with Crippen molar-refractivity contribution in [1.29, 1.82) is 0 Å². The zero-order chi connectivity index (χ0) is 16.4. The number of rotatable bonds is 4. The Labute approximate surface area is 137 Å². The normalized spacial score (nSPS) is 17.5. The number of nitrogens with zero attached hydrogens (tertiary/aromatic N) is 1. The minimum atomic E-state index is -3.50. The van der Waals surface area contributed by atoms with Gasteiger partial charge < -0.3 is 10.1 Å². The SMILES string of the molecule is CNC1CCN(S(=O)(=O)c2ccc(OC)c3ccccc23)CC1. The Morgan fingerprint density at radius 2 is 1.74 bits per heavy atom. The molecule has 0 atom stereocenters. The molecule has 1 aliphatic rings. The van der Waals surface area contributed by atoms with Crippen LogP contribution in [0.4, 0.5) is 0 Å². The topological polar surface area (TPSA) is 58.6 Å². The van der Waals surface area contributed by atoms with Crippen LogP contribution in [0.3, 0.4) is 0 Å². The summed E-state index contributed by atoms with van der Waals surface area (Å²) in [7, 11) is 0.0229. The number of sulfonamides is 1. The smallest absolute Gasteiger partial charge is 0.243 e. The molecule has 0 amide bonds. The van der Waals surface area contributed by atoms with Gasteiger partial charge in [0.2, 0.25) is 10.0 Å². The molecule has 6 heteroatoms. The lowest BCUT2D eigenvalue weighted by atomic mass is 10.1. The fourth-order valence-electron chi connectivity index (χ4n) is 3.17. The number of benzene rings is 2. The quantitative estimate of drug-likeness (QED) is 0.931. The van der Waals surface area contributed by atoms with Gasteiger partial charge in [-0.3, -0.25) is 0 Å². The second-order valence-corrected chi connectivity index (χ2v) is 7.68. The maximum atomic E-state index is 13.1. The lowest BCUT2D eigenvalue weighted by Gasteiger charge is -2.31. The van der Waals surface area contributed by atoms with Gasteiger partial charge in [0, 0.05) is 29.9 Å². The summed E-state index contributed by atoms with van der Waals surface area (Å²) in [6.45, 7) is 1.10. The Morgan fingerprint density at radius 1 is 1.09 bits per heavy atom. The summed E-state index contributed by atoms with van der Waals surface area (Å²) in [6, 6.07) is 11.3. The third-order valence-corrected chi connectivity index (χ3v) is 6.50. The van der Waals surface area contributed by atoms with Gasteiger partial charge in [0.1, 0.15) is 5.75 Å². The van der Waals surface area contributed by atoms with Crippen LogP contribution < -0.4 is 10.1 Å². The minimum absolute atomic E-state index is 0.358. The van der Waals surface area contributed by atoms with E-state index in [4.69, 9.17) is 4.74 Å². The minimum Gasteiger partial charge on any atom is -0.496 e. The van der Waals surface area contributed by atoms with Crippen LogP contribution in [0, 0.1) is 0 Å². The number of piperidine rings is 1. The first kappa shape index (κ1) is 16.2. The molecule has 0 aliphatic carbocycles. The van der Waals surface area contributed by atoms with Crippen LogP contribution in [-0.4, -0.2) is 46.0 Å². The molecule has 0 saturated carbocycles. The van der Waals surface area contributed by atoms with E-state index in [-0.39, 0.29) is 0 Å². The Hall–Kier alpha value is -1.63. The number of hydrogen-bond acceptors (Lipinski definition) is 4. The van der Waals surface area contributed by atoms with E-state index >= 15 is 0 Å². The Kier molecular flexibility index (Phi) is 4.57. The summed E-state index contributed by atoms with van der Waals surface area (Å²) < 4.78 is 33.1. The first-order chi connectivity index (χ1) is 11.1. The van der Waals surface area contributed by atoms with Crippen LogP contribution in [0.5, 0.6) is 5.75 Å². The molecule has 0 bridgehead atoms. The molecule has 0 unspecified atom stereocenters. The van der Waals surface area contributed by atoms with Crippen molar-refractivity contribution >= 4 is 20.8 Å². The van der Waals surface area contributed by atoms with Crippen molar-refractivity contribution in [2.24, 2.45) is 0 Å². The van der Waals surface area contributed by atoms with Crippen LogP contribution in [0.25, 0.3) is 10.8 Å². The molecule has 1 saturated heterocycles. The molecular formula is C17H22N2O3S. The fourth-order valence-corrected chi connectivity index (χ4v) is 4.84. The van der Waals surface area contributed by atoms with Gasteiger partial charge in [-0.15, -0.1) is 0 Å². The van der Waals surface area contributed by atoms with Crippen molar-refractivity contribution in [3.05, 3.63) is 36.4 Å². The first-order valence-electron chi connectivity index (χ1n) is 7.81. The Bertz CT molecular complexity index is 797. The summed E-state index contributed by atoms with van der Waals surface area (Å²) in [6.07, 6.45) is 1.67. The second-order valence-electron chi connectivity index (χ2n) is 5.78. The van der Waals surface area contributed by atoms with Crippen LogP contribution in [0.2, 0.25) is 0 Å². The molecule has 1 heterocycles. The number of methoxy groups -OCH3 is 1. The largest absolute Gasteiger partial charge is 0.496 e. The van der Waals surface area contributed by atoms with E-state index in [1.807, 2.05) is 31.3 Å². The Morgan fingerprint density at radius 3 is 2.35 bits per heavy atom. The van der Waals surface area contributed by atoms with Gasteiger partial charge in [-0.1, -0.05) is 24.3 Å². The van der Waals surface area contributed by atoms with Gasteiger partial charge in [0.25, 0.3) is 0 Å². The molecule has 2 aromatic carbocycles. The third kappa shape index (κ3) is 2.94. The highest BCUT2D eigenvalue weighted by Crippen LogP contribution is 2.33. The summed E-state index contributed by atoms with van der Waals surface area (Å²) >= 11 is 0. The van der Waals surface area contributed by atoms with Crippen LogP contribution in [0.15, 0.2) is 41.3 Å². The zero-order valence-electron chi connectivity index (χ0n) is 13.5. The predicted octanol–water partition coefficient (Wildman–Crippen LogP) is 2.22. The van der Waals surface area contributed by atoms with Gasteiger partial charge in [-0.05, 0) is 32.0 Å². The average molecular weight is 334 g/mol. The summed E-state index contributed by atoms with van der Waals surface area (Å²) in [4.78, 5) is 0.358. The molecular weight excluding hydrogens is 312 g/mol. The summed E-state index contributed by atoms with van der Waals surface area (Å²) in [5, 5.41) is 4.75. The fraction of sp³-hybridized carbons (Fsp3) is 0.412. The van der Waals surface area contributed by atoms with Gasteiger partial charge in [-0.2, -0.15) is 4.31 Å². The molecule has 0 spiro atoms. The molecule has 1 aliphatic heterocycles. The summed E-state index contributed by atoms with van der Waals surface area (Å²) in [5.41, 5.74) is 0. The Balaban J connectivity index is 2.03. The van der Waals surface area contributed by atoms with E-state index in [0.29, 0.717) is 35.2 Å². The molecule has 3 rings (SSSR count). The van der Waals surface area contributed by atoms with Crippen molar-refractivity contribution < 1.29 is 13.2 Å². The van der Waals surface area contributed by atoms with Crippen LogP contribution in [0.1, 0.15) is 12.8 Å². The van der Waals surface area contributed by atoms with Crippen LogP contribution >= 0.6 is 0 Å². The van der Waals surface area contributed by atoms with E-state index in [1.165, 1.54) is 0 Å². The van der Waals surface area contributed by atoms with Gasteiger partial charge >= 0.3 is 0 Å². The van der Waals surface area contributed by atoms with Gasteiger partial charge in [0.15, 0.2) is 0 Å². The molecule has 124 valence electrons. The zero-order valence-corrected chi connectivity index (χ0v) is 14.3. The molecule has 2 aromatic rings. The average Bonchev–Trinajstić information content (AvgIpc) is 2.60. The standard InChI is InChI=1S/C17H22N2O3S/c1-18-13-9-11-19(12-10-13)23(20,21)17-8-7-16(22-2)14-5-3-4-6-15(14)17/h3-8,13,18H,9-12H2,1-2H3. The highest BCUT2D eigenvalue weighted by Gasteiger charge is 2.30. The van der Waals surface area contributed by atoms with Crippen molar-refractivity contribution in [3.8, 4) is 5.75 Å². The molecule has 1 fully saturated rings. The lowest BCUT2D eigenvalue weighted by Crippen LogP contribution is -2.43. The molecule has 0 aromatic heterocycles. The monoisotopic (exact) mass is 334 g/mol. The molecule has 0 radical (unpaired) electrons. The molecule has 1 N–H and O–H groups in total. The molecule has 23 heavy (non-hydrogen) atoms. The molecule has 5 nitrogen and oxygen atoms in total. The van der Waals surface area contributed by atoms with Crippen molar-refractivity contribution in [2.45, 2.75) is 23.8 Å². The maximum Gasteiger partial charge on any atom is 0.243 e. The van der Waals surface area contributed by atoms with E-state index in [9.17, 15) is 8.42 Å². The van der Waals surface area contributed by atoms with Crippen molar-refractivity contribution in [1.82, 2.24) is 9.62 Å². The number of ether oxygens (including phenoxy) is 1. The second kappa shape index (κ2) is 6.47. The maximum absolute atomic E-state index is 13.1. The van der Waals surface area contributed by atoms with Crippen LogP contribution in [-0.2, 0) is 10.0 Å². The van der Waals surface area contributed by atoms with E-state index in [1.54, 1.807) is 23.5 Å². The van der Waals surface area contributed by atoms with E-state index in [0.717, 1.165) is 18.2 Å².